The number of hydrogen-bond donors (Lipinski definition) is 1. The van der Waals surface area contributed by atoms with Crippen LogP contribution in [-0.2, 0) is 6.54 Å². The van der Waals surface area contributed by atoms with E-state index in [1.165, 1.54) is 17.0 Å². The lowest BCUT2D eigenvalue weighted by molar-refractivity contribution is 0.151. The van der Waals surface area contributed by atoms with Crippen molar-refractivity contribution in [2.75, 3.05) is 13.6 Å². The standard InChI is InChI=1S/C15H17BrF2N2S/c1-20(8-13-6-12(16)9-21-13)14(7-19)10-2-4-11(5-3-10)15(17)18/h2-6,9,14-15H,7-8,19H2,1H3. The summed E-state index contributed by atoms with van der Waals surface area (Å²) in [5.41, 5.74) is 6.87. The molecule has 0 aliphatic heterocycles. The van der Waals surface area contributed by atoms with E-state index in [1.807, 2.05) is 12.4 Å². The molecule has 2 rings (SSSR count). The van der Waals surface area contributed by atoms with Crippen molar-refractivity contribution < 1.29 is 8.78 Å². The van der Waals surface area contributed by atoms with Gasteiger partial charge in [-0.2, -0.15) is 0 Å². The predicted molar refractivity (Wildman–Crippen MR) is 86.7 cm³/mol. The fraction of sp³-hybridized carbons (Fsp3) is 0.333. The van der Waals surface area contributed by atoms with Crippen LogP contribution in [0.2, 0.25) is 0 Å². The molecule has 114 valence electrons. The highest BCUT2D eigenvalue weighted by molar-refractivity contribution is 9.10. The fourth-order valence-corrected chi connectivity index (χ4v) is 3.74. The summed E-state index contributed by atoms with van der Waals surface area (Å²) < 4.78 is 26.3. The summed E-state index contributed by atoms with van der Waals surface area (Å²) in [5, 5.41) is 2.04. The Hall–Kier alpha value is -0.820. The highest BCUT2D eigenvalue weighted by Crippen LogP contribution is 2.26. The maximum Gasteiger partial charge on any atom is 0.263 e. The van der Waals surface area contributed by atoms with Crippen LogP contribution < -0.4 is 5.73 Å². The topological polar surface area (TPSA) is 29.3 Å². The van der Waals surface area contributed by atoms with Gasteiger partial charge in [0.1, 0.15) is 0 Å². The second-order valence-electron chi connectivity index (χ2n) is 4.87. The molecular weight excluding hydrogens is 358 g/mol. The molecule has 0 radical (unpaired) electrons. The number of nitrogens with zero attached hydrogens (tertiary/aromatic N) is 1. The number of hydrogen-bond acceptors (Lipinski definition) is 3. The van der Waals surface area contributed by atoms with Crippen LogP contribution in [0.15, 0.2) is 40.2 Å². The first-order valence-electron chi connectivity index (χ1n) is 6.52. The number of halogens is 3. The largest absolute Gasteiger partial charge is 0.329 e. The van der Waals surface area contributed by atoms with Crippen molar-refractivity contribution in [2.24, 2.45) is 5.73 Å². The Morgan fingerprint density at radius 2 is 1.86 bits per heavy atom. The second kappa shape index (κ2) is 7.45. The zero-order valence-electron chi connectivity index (χ0n) is 11.6. The summed E-state index contributed by atoms with van der Waals surface area (Å²) in [6, 6.07) is 8.50. The van der Waals surface area contributed by atoms with E-state index in [0.29, 0.717) is 6.54 Å². The molecule has 1 unspecified atom stereocenters. The maximum atomic E-state index is 12.6. The Bertz CT molecular complexity index is 571. The van der Waals surface area contributed by atoms with Crippen molar-refractivity contribution in [3.63, 3.8) is 0 Å². The third kappa shape index (κ3) is 4.32. The molecule has 0 amide bonds. The Kier molecular flexibility index (Phi) is 5.87. The molecule has 1 atom stereocenters. The summed E-state index contributed by atoms with van der Waals surface area (Å²) in [6.07, 6.45) is -2.43. The van der Waals surface area contributed by atoms with Crippen molar-refractivity contribution in [3.8, 4) is 0 Å². The lowest BCUT2D eigenvalue weighted by atomic mass is 10.0. The van der Waals surface area contributed by atoms with E-state index in [1.54, 1.807) is 23.5 Å². The second-order valence-corrected chi connectivity index (χ2v) is 6.78. The number of nitrogens with two attached hydrogens (primary N) is 1. The summed E-state index contributed by atoms with van der Waals surface area (Å²) >= 11 is 5.12. The number of alkyl halides is 2. The van der Waals surface area contributed by atoms with Gasteiger partial charge in [0.25, 0.3) is 6.43 Å². The minimum atomic E-state index is -2.43. The zero-order chi connectivity index (χ0) is 15.4. The van der Waals surface area contributed by atoms with E-state index < -0.39 is 6.43 Å². The Morgan fingerprint density at radius 1 is 1.24 bits per heavy atom. The van der Waals surface area contributed by atoms with E-state index in [-0.39, 0.29) is 11.6 Å². The Morgan fingerprint density at radius 3 is 2.33 bits per heavy atom. The monoisotopic (exact) mass is 374 g/mol. The molecule has 1 aromatic carbocycles. The highest BCUT2D eigenvalue weighted by Gasteiger charge is 2.17. The summed E-state index contributed by atoms with van der Waals surface area (Å²) in [7, 11) is 1.99. The summed E-state index contributed by atoms with van der Waals surface area (Å²) in [5.74, 6) is 0. The van der Waals surface area contributed by atoms with Gasteiger partial charge in [-0.15, -0.1) is 11.3 Å². The van der Waals surface area contributed by atoms with E-state index in [9.17, 15) is 8.78 Å². The minimum Gasteiger partial charge on any atom is -0.329 e. The molecule has 6 heteroatoms. The number of likely N-dealkylation sites (N-methyl/N-ethyl adjacent to an activating group) is 1. The van der Waals surface area contributed by atoms with Crippen molar-refractivity contribution in [3.05, 3.63) is 56.2 Å². The summed E-state index contributed by atoms with van der Waals surface area (Å²) in [6.45, 7) is 1.21. The first-order valence-corrected chi connectivity index (χ1v) is 8.19. The molecule has 0 spiro atoms. The molecule has 21 heavy (non-hydrogen) atoms. The van der Waals surface area contributed by atoms with Gasteiger partial charge in [-0.1, -0.05) is 24.3 Å². The lowest BCUT2D eigenvalue weighted by Gasteiger charge is -2.27. The van der Waals surface area contributed by atoms with E-state index in [4.69, 9.17) is 5.73 Å². The first kappa shape index (κ1) is 16.5. The normalized spacial score (nSPS) is 13.1. The van der Waals surface area contributed by atoms with Crippen molar-refractivity contribution in [1.29, 1.82) is 0 Å². The van der Waals surface area contributed by atoms with Crippen LogP contribution in [0.25, 0.3) is 0 Å². The third-order valence-corrected chi connectivity index (χ3v) is 5.04. The quantitative estimate of drug-likeness (QED) is 0.801. The average Bonchev–Trinajstić information content (AvgIpc) is 2.85. The Labute approximate surface area is 135 Å². The third-order valence-electron chi connectivity index (χ3n) is 3.36. The van der Waals surface area contributed by atoms with E-state index in [0.717, 1.165) is 16.6 Å². The number of rotatable bonds is 6. The maximum absolute atomic E-state index is 12.6. The molecule has 0 aliphatic rings. The molecule has 0 fully saturated rings. The van der Waals surface area contributed by atoms with Gasteiger partial charge in [0.15, 0.2) is 0 Å². The summed E-state index contributed by atoms with van der Waals surface area (Å²) in [4.78, 5) is 3.36. The van der Waals surface area contributed by atoms with Gasteiger partial charge in [0, 0.05) is 39.4 Å². The van der Waals surface area contributed by atoms with Gasteiger partial charge in [-0.05, 0) is 34.6 Å². The SMILES string of the molecule is CN(Cc1cc(Br)cs1)C(CN)c1ccc(C(F)F)cc1. The van der Waals surface area contributed by atoms with Crippen LogP contribution in [0.4, 0.5) is 8.78 Å². The Balaban J connectivity index is 2.10. The molecule has 2 nitrogen and oxygen atoms in total. The van der Waals surface area contributed by atoms with Crippen LogP contribution in [0.3, 0.4) is 0 Å². The smallest absolute Gasteiger partial charge is 0.263 e. The van der Waals surface area contributed by atoms with Crippen molar-refractivity contribution in [2.45, 2.75) is 19.0 Å². The van der Waals surface area contributed by atoms with Gasteiger partial charge in [-0.25, -0.2) is 8.78 Å². The minimum absolute atomic E-state index is 0.0117. The number of thiophene rings is 1. The molecule has 0 bridgehead atoms. The van der Waals surface area contributed by atoms with Crippen LogP contribution in [0, 0.1) is 0 Å². The predicted octanol–water partition coefficient (Wildman–Crippen LogP) is 4.58. The van der Waals surface area contributed by atoms with Crippen LogP contribution in [-0.4, -0.2) is 18.5 Å². The zero-order valence-corrected chi connectivity index (χ0v) is 14.0. The molecule has 2 N–H and O–H groups in total. The van der Waals surface area contributed by atoms with Gasteiger partial charge in [0.05, 0.1) is 0 Å². The van der Waals surface area contributed by atoms with Crippen molar-refractivity contribution >= 4 is 27.3 Å². The van der Waals surface area contributed by atoms with Gasteiger partial charge >= 0.3 is 0 Å². The average molecular weight is 375 g/mol. The van der Waals surface area contributed by atoms with Crippen LogP contribution in [0.1, 0.15) is 28.5 Å². The van der Waals surface area contributed by atoms with Crippen LogP contribution >= 0.6 is 27.3 Å². The number of benzene rings is 1. The molecular formula is C15H17BrF2N2S. The van der Waals surface area contributed by atoms with Gasteiger partial charge in [0.2, 0.25) is 0 Å². The van der Waals surface area contributed by atoms with E-state index >= 15 is 0 Å². The van der Waals surface area contributed by atoms with E-state index in [2.05, 4.69) is 26.9 Å². The fourth-order valence-electron chi connectivity index (χ4n) is 2.23. The van der Waals surface area contributed by atoms with Crippen molar-refractivity contribution in [1.82, 2.24) is 4.90 Å². The lowest BCUT2D eigenvalue weighted by Crippen LogP contribution is -2.29. The van der Waals surface area contributed by atoms with Crippen LogP contribution in [0.5, 0.6) is 0 Å². The molecule has 1 aromatic heterocycles. The molecule has 0 saturated carbocycles. The molecule has 0 aliphatic carbocycles. The first-order chi connectivity index (χ1) is 10.0. The van der Waals surface area contributed by atoms with Gasteiger partial charge < -0.3 is 5.73 Å². The molecule has 2 aromatic rings. The highest BCUT2D eigenvalue weighted by atomic mass is 79.9. The van der Waals surface area contributed by atoms with Gasteiger partial charge in [-0.3, -0.25) is 4.90 Å². The molecule has 0 saturated heterocycles. The molecule has 1 heterocycles.